The van der Waals surface area contributed by atoms with Gasteiger partial charge in [0.1, 0.15) is 36.5 Å². The number of ether oxygens (including phenoxy) is 3. The number of likely N-dealkylation sites (N-methyl/N-ethyl adjacent to an activating group) is 1. The van der Waals surface area contributed by atoms with Crippen LogP contribution in [0.1, 0.15) is 118 Å². The minimum Gasteiger partial charge on any atom is -0.494 e. The van der Waals surface area contributed by atoms with Crippen molar-refractivity contribution in [2.24, 2.45) is 29.0 Å². The Labute approximate surface area is 380 Å². The smallest absolute Gasteiger partial charge is 0.264 e. The number of halogens is 2. The number of ketones is 3. The summed E-state index contributed by atoms with van der Waals surface area (Å²) in [6.07, 6.45) is 0.970. The van der Waals surface area contributed by atoms with Crippen molar-refractivity contribution in [3.05, 3.63) is 76.9 Å². The number of alkyl halides is 2. The zero-order valence-electron chi connectivity index (χ0n) is 37.8. The van der Waals surface area contributed by atoms with Crippen molar-refractivity contribution in [2.75, 3.05) is 46.5 Å². The molecule has 7 N–H and O–H groups in total. The molecule has 0 aromatic heterocycles. The molecule has 4 atom stereocenters. The second-order valence-corrected chi connectivity index (χ2v) is 16.4. The largest absolute Gasteiger partial charge is 0.494 e. The molecule has 1 heterocycles. The van der Waals surface area contributed by atoms with Crippen LogP contribution in [-0.2, 0) is 25.6 Å². The predicted octanol–water partition coefficient (Wildman–Crippen LogP) is 6.56. The van der Waals surface area contributed by atoms with E-state index < -0.39 is 65.7 Å². The molecule has 3 aromatic carbocycles. The van der Waals surface area contributed by atoms with E-state index in [4.69, 9.17) is 31.4 Å². The Bertz CT molecular complexity index is 2150. The summed E-state index contributed by atoms with van der Waals surface area (Å²) in [7, 11) is 1.41. The molecule has 3 aromatic rings. The molecule has 0 saturated carbocycles. The zero-order chi connectivity index (χ0) is 47.5. The molecule has 352 valence electrons. The van der Waals surface area contributed by atoms with Crippen LogP contribution in [0.4, 0.5) is 8.78 Å². The minimum atomic E-state index is -3.01. The van der Waals surface area contributed by atoms with Gasteiger partial charge in [-0.1, -0.05) is 51.7 Å². The highest BCUT2D eigenvalue weighted by Gasteiger charge is 2.36. The fourth-order valence-corrected chi connectivity index (χ4v) is 7.94. The van der Waals surface area contributed by atoms with Gasteiger partial charge in [0.25, 0.3) is 6.43 Å². The lowest BCUT2D eigenvalue weighted by atomic mass is 9.88. The highest BCUT2D eigenvalue weighted by Crippen LogP contribution is 2.41. The summed E-state index contributed by atoms with van der Waals surface area (Å²) in [5.74, 6) is -3.97. The monoisotopic (exact) mass is 902 g/mol. The number of hydrogen-bond acceptors (Lipinski definition) is 12. The van der Waals surface area contributed by atoms with E-state index >= 15 is 0 Å². The number of benzene rings is 3. The van der Waals surface area contributed by atoms with Crippen LogP contribution in [0.15, 0.2) is 54.6 Å². The first kappa shape index (κ1) is 51.9. The Morgan fingerprint density at radius 1 is 0.862 bits per heavy atom. The first-order chi connectivity index (χ1) is 31.3. The standard InChI is InChI=1S/C49H64F2N6O8/c1-4-5-6-7-8-22-63-35-13-14-36(39(30-35)47(50)51)42(59)29-34(17-19-53)49(62)57(3)46-33-12-16-45(65-24-21-55)38(28-33)37-26-32(11-15-44(37)64-23-20-54)27-40(41(58)10-9-18-52)56-48(61)31(2)25-43(46)60/h11-16,26,28,30-31,34,40,46-47H,4-10,17,19-25,27,29,53-55H2,1-3H3,(H,56,61)/t31-,34-,40+,46+/m1/s1. The van der Waals surface area contributed by atoms with Crippen LogP contribution in [-0.4, -0.2) is 86.6 Å². The summed E-state index contributed by atoms with van der Waals surface area (Å²) in [4.78, 5) is 71.6. The molecule has 4 bridgehead atoms. The Morgan fingerprint density at radius 3 is 2.18 bits per heavy atom. The van der Waals surface area contributed by atoms with Crippen molar-refractivity contribution in [1.29, 1.82) is 5.26 Å². The van der Waals surface area contributed by atoms with Crippen LogP contribution < -0.4 is 36.7 Å². The minimum absolute atomic E-state index is 0.00909. The molecular formula is C49H64F2N6O8. The van der Waals surface area contributed by atoms with Gasteiger partial charge in [-0.25, -0.2) is 8.78 Å². The number of nitriles is 1. The summed E-state index contributed by atoms with van der Waals surface area (Å²) in [6.45, 7) is 4.59. The first-order valence-electron chi connectivity index (χ1n) is 22.5. The highest BCUT2D eigenvalue weighted by molar-refractivity contribution is 6.01. The van der Waals surface area contributed by atoms with E-state index in [1.165, 1.54) is 31.0 Å². The fraction of sp³-hybridized carbons (Fsp3) is 0.510. The van der Waals surface area contributed by atoms with E-state index in [1.807, 2.05) is 6.07 Å². The van der Waals surface area contributed by atoms with E-state index in [9.17, 15) is 38.0 Å². The Morgan fingerprint density at radius 2 is 1.54 bits per heavy atom. The van der Waals surface area contributed by atoms with Crippen molar-refractivity contribution >= 4 is 29.2 Å². The summed E-state index contributed by atoms with van der Waals surface area (Å²) in [5.41, 5.74) is 18.8. The molecule has 0 saturated heterocycles. The number of nitrogens with zero attached hydrogens (tertiary/aromatic N) is 2. The van der Waals surface area contributed by atoms with Crippen LogP contribution >= 0.6 is 0 Å². The fourth-order valence-electron chi connectivity index (χ4n) is 7.94. The lowest BCUT2D eigenvalue weighted by Gasteiger charge is -2.32. The van der Waals surface area contributed by atoms with Crippen molar-refractivity contribution in [2.45, 2.75) is 103 Å². The third-order valence-electron chi connectivity index (χ3n) is 11.4. The molecule has 0 radical (unpaired) electrons. The van der Waals surface area contributed by atoms with E-state index in [1.54, 1.807) is 36.4 Å². The molecule has 4 rings (SSSR count). The van der Waals surface area contributed by atoms with Crippen molar-refractivity contribution in [3.63, 3.8) is 0 Å². The quantitative estimate of drug-likeness (QED) is 0.0553. The van der Waals surface area contributed by atoms with Gasteiger partial charge in [-0.3, -0.25) is 24.0 Å². The molecular weight excluding hydrogens is 839 g/mol. The molecule has 0 fully saturated rings. The number of fused-ring (bicyclic) bond motifs is 5. The average Bonchev–Trinajstić information content (AvgIpc) is 3.29. The van der Waals surface area contributed by atoms with Crippen LogP contribution in [0.2, 0.25) is 0 Å². The molecule has 1 aliphatic rings. The normalized spacial score (nSPS) is 16.8. The topological polar surface area (TPSA) is 230 Å². The number of unbranched alkanes of at least 4 members (excludes halogenated alkanes) is 4. The van der Waals surface area contributed by atoms with E-state index in [-0.39, 0.29) is 82.0 Å². The maximum atomic E-state index is 14.7. The SMILES string of the molecule is CCCCCCCOc1ccc(C(=O)C[C@@H](CCN)C(=O)N(C)[C@@H]2C(=O)C[C@@H](C)C(=O)N[C@H](C(=O)CCC#N)Cc3ccc(OCCN)c(c3)-c3cc2ccc3OCCN)c(C(F)F)c1. The van der Waals surface area contributed by atoms with Gasteiger partial charge in [0.15, 0.2) is 17.3 Å². The van der Waals surface area contributed by atoms with Gasteiger partial charge in [0.2, 0.25) is 11.8 Å². The van der Waals surface area contributed by atoms with Crippen LogP contribution in [0.3, 0.4) is 0 Å². The molecule has 0 unspecified atom stereocenters. The third kappa shape index (κ3) is 14.6. The maximum Gasteiger partial charge on any atom is 0.264 e. The molecule has 1 aliphatic heterocycles. The van der Waals surface area contributed by atoms with Crippen molar-refractivity contribution in [3.8, 4) is 34.4 Å². The van der Waals surface area contributed by atoms with Gasteiger partial charge in [-0.2, -0.15) is 5.26 Å². The second-order valence-electron chi connectivity index (χ2n) is 16.4. The molecule has 2 amide bonds. The van der Waals surface area contributed by atoms with Gasteiger partial charge in [-0.05, 0) is 79.4 Å². The van der Waals surface area contributed by atoms with Gasteiger partial charge < -0.3 is 41.6 Å². The number of rotatable bonds is 24. The third-order valence-corrected chi connectivity index (χ3v) is 11.4. The number of nitrogens with two attached hydrogens (primary N) is 3. The van der Waals surface area contributed by atoms with Crippen LogP contribution in [0.5, 0.6) is 17.2 Å². The number of nitrogens with one attached hydrogen (secondary N) is 1. The Kier molecular flexibility index (Phi) is 21.0. The predicted molar refractivity (Wildman–Crippen MR) is 243 cm³/mol. The summed E-state index contributed by atoms with van der Waals surface area (Å²) in [5, 5.41) is 12.0. The van der Waals surface area contributed by atoms with Crippen molar-refractivity contribution in [1.82, 2.24) is 10.2 Å². The number of amides is 2. The summed E-state index contributed by atoms with van der Waals surface area (Å²) in [6, 6.07) is 13.7. The van der Waals surface area contributed by atoms with E-state index in [0.29, 0.717) is 40.4 Å². The molecule has 65 heavy (non-hydrogen) atoms. The number of hydrogen-bond donors (Lipinski definition) is 4. The van der Waals surface area contributed by atoms with Gasteiger partial charge in [0, 0.05) is 79.9 Å². The van der Waals surface area contributed by atoms with Gasteiger partial charge in [-0.15, -0.1) is 0 Å². The first-order valence-corrected chi connectivity index (χ1v) is 22.5. The van der Waals surface area contributed by atoms with Crippen LogP contribution in [0.25, 0.3) is 11.1 Å². The summed E-state index contributed by atoms with van der Waals surface area (Å²) >= 11 is 0. The van der Waals surface area contributed by atoms with Gasteiger partial charge >= 0.3 is 0 Å². The van der Waals surface area contributed by atoms with E-state index in [0.717, 1.165) is 38.2 Å². The molecule has 0 spiro atoms. The lowest BCUT2D eigenvalue weighted by Crippen LogP contribution is -2.46. The molecule has 0 aliphatic carbocycles. The lowest BCUT2D eigenvalue weighted by molar-refractivity contribution is -0.142. The number of Topliss-reactive ketones (excluding diaryl/α,β-unsaturated/α-hetero) is 3. The Balaban J connectivity index is 1.79. The number of carbonyl (C=O) groups excluding carboxylic acids is 5. The van der Waals surface area contributed by atoms with Crippen molar-refractivity contribution < 1.29 is 47.0 Å². The van der Waals surface area contributed by atoms with Crippen LogP contribution in [0, 0.1) is 23.2 Å². The zero-order valence-corrected chi connectivity index (χ0v) is 37.8. The van der Waals surface area contributed by atoms with Gasteiger partial charge in [0.05, 0.1) is 18.7 Å². The maximum absolute atomic E-state index is 14.7. The highest BCUT2D eigenvalue weighted by atomic mass is 19.3. The molecule has 14 nitrogen and oxygen atoms in total. The Hall–Kier alpha value is -5.76. The summed E-state index contributed by atoms with van der Waals surface area (Å²) < 4.78 is 46.9. The second kappa shape index (κ2) is 26.3. The average molecular weight is 903 g/mol. The van der Waals surface area contributed by atoms with E-state index in [2.05, 4.69) is 12.2 Å². The molecule has 16 heteroatoms. The number of carbonyl (C=O) groups is 5.